The lowest BCUT2D eigenvalue weighted by atomic mass is 10.1. The van der Waals surface area contributed by atoms with E-state index in [0.29, 0.717) is 6.04 Å². The molecule has 1 aliphatic heterocycles. The third kappa shape index (κ3) is 3.55. The highest BCUT2D eigenvalue weighted by atomic mass is 79.9. The summed E-state index contributed by atoms with van der Waals surface area (Å²) < 4.78 is 1.23. The predicted molar refractivity (Wildman–Crippen MR) is 74.0 cm³/mol. The van der Waals surface area contributed by atoms with E-state index in [1.165, 1.54) is 41.1 Å². The molecule has 1 N–H and O–H groups in total. The Morgan fingerprint density at radius 3 is 2.75 bits per heavy atom. The summed E-state index contributed by atoms with van der Waals surface area (Å²) in [6.07, 6.45) is 2.58. The highest BCUT2D eigenvalue weighted by Gasteiger charge is 2.17. The highest BCUT2D eigenvalue weighted by molar-refractivity contribution is 9.11. The van der Waals surface area contributed by atoms with Crippen LogP contribution in [-0.2, 0) is 6.54 Å². The second kappa shape index (κ2) is 6.15. The molecule has 0 atom stereocenters. The maximum atomic E-state index is 3.66. The molecule has 90 valence electrons. The minimum Gasteiger partial charge on any atom is -0.309 e. The third-order valence-corrected chi connectivity index (χ3v) is 4.85. The molecule has 0 radical (unpaired) electrons. The van der Waals surface area contributed by atoms with Gasteiger partial charge < -0.3 is 10.2 Å². The molecule has 0 spiro atoms. The first-order valence-corrected chi connectivity index (χ1v) is 7.59. The number of hydrogen-bond acceptors (Lipinski definition) is 3. The van der Waals surface area contributed by atoms with Crippen molar-refractivity contribution in [1.82, 2.24) is 10.2 Å². The molecule has 16 heavy (non-hydrogen) atoms. The summed E-state index contributed by atoms with van der Waals surface area (Å²) in [5.74, 6) is 0. The van der Waals surface area contributed by atoms with Crippen LogP contribution in [0.3, 0.4) is 0 Å². The van der Waals surface area contributed by atoms with Crippen LogP contribution in [0.1, 0.15) is 24.6 Å². The number of thiophene rings is 1. The van der Waals surface area contributed by atoms with Gasteiger partial charge in [-0.15, -0.1) is 11.3 Å². The van der Waals surface area contributed by atoms with Gasteiger partial charge in [0.2, 0.25) is 0 Å². The van der Waals surface area contributed by atoms with Crippen molar-refractivity contribution in [3.8, 4) is 0 Å². The molecule has 2 nitrogen and oxygen atoms in total. The summed E-state index contributed by atoms with van der Waals surface area (Å²) >= 11 is 5.32. The van der Waals surface area contributed by atoms with Gasteiger partial charge in [-0.2, -0.15) is 0 Å². The van der Waals surface area contributed by atoms with Crippen LogP contribution in [0, 0.1) is 0 Å². The molecule has 1 fully saturated rings. The number of rotatable bonds is 4. The molecule has 0 saturated carbocycles. The van der Waals surface area contributed by atoms with Crippen LogP contribution in [0.25, 0.3) is 0 Å². The topological polar surface area (TPSA) is 15.3 Å². The van der Waals surface area contributed by atoms with Gasteiger partial charge >= 0.3 is 0 Å². The number of hydrogen-bond donors (Lipinski definition) is 1. The van der Waals surface area contributed by atoms with Gasteiger partial charge in [0.15, 0.2) is 0 Å². The maximum Gasteiger partial charge on any atom is 0.0701 e. The van der Waals surface area contributed by atoms with Crippen LogP contribution in [0.2, 0.25) is 0 Å². The zero-order valence-electron chi connectivity index (χ0n) is 9.71. The summed E-state index contributed by atoms with van der Waals surface area (Å²) in [6, 6.07) is 5.04. The van der Waals surface area contributed by atoms with E-state index in [9.17, 15) is 0 Å². The number of nitrogens with one attached hydrogen (secondary N) is 1. The molecule has 1 aromatic heterocycles. The lowest BCUT2D eigenvalue weighted by Gasteiger charge is -2.31. The lowest BCUT2D eigenvalue weighted by molar-refractivity contribution is 0.206. The highest BCUT2D eigenvalue weighted by Crippen LogP contribution is 2.22. The number of halogens is 1. The maximum absolute atomic E-state index is 3.66. The minimum atomic E-state index is 0.712. The van der Waals surface area contributed by atoms with Crippen molar-refractivity contribution in [2.45, 2.75) is 32.4 Å². The molecule has 2 rings (SSSR count). The first-order valence-electron chi connectivity index (χ1n) is 5.98. The fourth-order valence-electron chi connectivity index (χ4n) is 2.14. The molecule has 1 aromatic rings. The molecule has 2 heterocycles. The van der Waals surface area contributed by atoms with E-state index in [4.69, 9.17) is 0 Å². The predicted octanol–water partition coefficient (Wildman–Crippen LogP) is 3.08. The Morgan fingerprint density at radius 1 is 1.44 bits per heavy atom. The second-order valence-electron chi connectivity index (χ2n) is 4.30. The van der Waals surface area contributed by atoms with Crippen LogP contribution < -0.4 is 5.32 Å². The molecule has 0 unspecified atom stereocenters. The molecule has 0 bridgehead atoms. The molecule has 4 heteroatoms. The molecule has 0 aliphatic carbocycles. The summed E-state index contributed by atoms with van der Waals surface area (Å²) in [5, 5.41) is 3.66. The third-order valence-electron chi connectivity index (χ3n) is 3.23. The van der Waals surface area contributed by atoms with Crippen LogP contribution in [0.4, 0.5) is 0 Å². The smallest absolute Gasteiger partial charge is 0.0701 e. The van der Waals surface area contributed by atoms with Crippen molar-refractivity contribution >= 4 is 27.3 Å². The van der Waals surface area contributed by atoms with Crippen molar-refractivity contribution in [2.24, 2.45) is 0 Å². The van der Waals surface area contributed by atoms with E-state index in [1.807, 2.05) is 11.3 Å². The Morgan fingerprint density at radius 2 is 2.19 bits per heavy atom. The van der Waals surface area contributed by atoms with E-state index < -0.39 is 0 Å². The SMILES string of the molecule is CCN1CCC(NCc2ccc(Br)s2)CC1. The normalized spacial score (nSPS) is 19.1. The summed E-state index contributed by atoms with van der Waals surface area (Å²) in [6.45, 7) is 6.97. The van der Waals surface area contributed by atoms with Crippen molar-refractivity contribution in [3.05, 3.63) is 20.8 Å². The van der Waals surface area contributed by atoms with Crippen LogP contribution in [-0.4, -0.2) is 30.6 Å². The van der Waals surface area contributed by atoms with E-state index >= 15 is 0 Å². The van der Waals surface area contributed by atoms with Crippen molar-refractivity contribution in [1.29, 1.82) is 0 Å². The Bertz CT molecular complexity index is 319. The number of nitrogens with zero attached hydrogens (tertiary/aromatic N) is 1. The zero-order chi connectivity index (χ0) is 11.4. The molecular formula is C12H19BrN2S. The summed E-state index contributed by atoms with van der Waals surface area (Å²) in [7, 11) is 0. The molecule has 1 aliphatic rings. The fraction of sp³-hybridized carbons (Fsp3) is 0.667. The Balaban J connectivity index is 1.71. The van der Waals surface area contributed by atoms with Gasteiger partial charge in [-0.3, -0.25) is 0 Å². The van der Waals surface area contributed by atoms with Crippen molar-refractivity contribution in [2.75, 3.05) is 19.6 Å². The monoisotopic (exact) mass is 302 g/mol. The lowest BCUT2D eigenvalue weighted by Crippen LogP contribution is -2.41. The van der Waals surface area contributed by atoms with Crippen LogP contribution in [0.15, 0.2) is 15.9 Å². The van der Waals surface area contributed by atoms with Gasteiger partial charge in [-0.05, 0) is 60.5 Å². The van der Waals surface area contributed by atoms with Gasteiger partial charge in [-0.1, -0.05) is 6.92 Å². The first kappa shape index (κ1) is 12.6. The number of piperidine rings is 1. The minimum absolute atomic E-state index is 0.712. The van der Waals surface area contributed by atoms with Crippen LogP contribution >= 0.6 is 27.3 Å². The van der Waals surface area contributed by atoms with Crippen molar-refractivity contribution in [3.63, 3.8) is 0 Å². The number of likely N-dealkylation sites (tertiary alicyclic amines) is 1. The van der Waals surface area contributed by atoms with Gasteiger partial charge in [0.05, 0.1) is 3.79 Å². The van der Waals surface area contributed by atoms with E-state index in [0.717, 1.165) is 6.54 Å². The van der Waals surface area contributed by atoms with Crippen LogP contribution in [0.5, 0.6) is 0 Å². The Labute approximate surface area is 110 Å². The standard InChI is InChI=1S/C12H19BrN2S/c1-2-15-7-5-10(6-8-15)14-9-11-3-4-12(13)16-11/h3-4,10,14H,2,5-9H2,1H3. The van der Waals surface area contributed by atoms with Crippen molar-refractivity contribution < 1.29 is 0 Å². The second-order valence-corrected chi connectivity index (χ2v) is 6.84. The van der Waals surface area contributed by atoms with E-state index in [1.54, 1.807) is 0 Å². The zero-order valence-corrected chi connectivity index (χ0v) is 12.1. The van der Waals surface area contributed by atoms with E-state index in [-0.39, 0.29) is 0 Å². The molecule has 0 aromatic carbocycles. The molecule has 0 amide bonds. The Hall–Kier alpha value is 0.1000. The first-order chi connectivity index (χ1) is 7.78. The van der Waals surface area contributed by atoms with Gasteiger partial charge in [0.1, 0.15) is 0 Å². The fourth-order valence-corrected chi connectivity index (χ4v) is 3.58. The summed E-state index contributed by atoms with van der Waals surface area (Å²) in [4.78, 5) is 3.95. The van der Waals surface area contributed by atoms with Gasteiger partial charge in [0, 0.05) is 17.5 Å². The largest absolute Gasteiger partial charge is 0.309 e. The molecule has 1 saturated heterocycles. The van der Waals surface area contributed by atoms with Gasteiger partial charge in [-0.25, -0.2) is 0 Å². The molecular weight excluding hydrogens is 284 g/mol. The summed E-state index contributed by atoms with van der Waals surface area (Å²) in [5.41, 5.74) is 0. The van der Waals surface area contributed by atoms with Gasteiger partial charge in [0.25, 0.3) is 0 Å². The van der Waals surface area contributed by atoms with E-state index in [2.05, 4.69) is 45.2 Å². The Kier molecular flexibility index (Phi) is 4.82. The average Bonchev–Trinajstić information content (AvgIpc) is 2.73. The average molecular weight is 303 g/mol. The quantitative estimate of drug-likeness (QED) is 0.919.